The first-order chi connectivity index (χ1) is 7.79. The SMILES string of the molecule is [2H]C([2H])(O)C([2H])([2H])Cc1ccc2c(c1)OCO2. The predicted octanol–water partition coefficient (Wildman–Crippen LogP) is 1.34. The van der Waals surface area contributed by atoms with Crippen LogP contribution in [0.4, 0.5) is 0 Å². The van der Waals surface area contributed by atoms with Crippen LogP contribution in [0.15, 0.2) is 18.2 Å². The molecule has 0 spiro atoms. The van der Waals surface area contributed by atoms with Gasteiger partial charge >= 0.3 is 0 Å². The Morgan fingerprint density at radius 2 is 2.23 bits per heavy atom. The molecule has 13 heavy (non-hydrogen) atoms. The molecule has 3 nitrogen and oxygen atoms in total. The van der Waals surface area contributed by atoms with Crippen LogP contribution in [0.5, 0.6) is 11.5 Å². The maximum atomic E-state index is 9.10. The fraction of sp³-hybridized carbons (Fsp3) is 0.400. The van der Waals surface area contributed by atoms with E-state index in [9.17, 15) is 0 Å². The van der Waals surface area contributed by atoms with Crippen LogP contribution in [0.3, 0.4) is 0 Å². The fourth-order valence-corrected chi connectivity index (χ4v) is 1.19. The van der Waals surface area contributed by atoms with E-state index in [-0.39, 0.29) is 13.2 Å². The molecule has 0 radical (unpaired) electrons. The van der Waals surface area contributed by atoms with Gasteiger partial charge in [0.05, 0.1) is 2.74 Å². The normalized spacial score (nSPS) is 20.1. The fourth-order valence-electron chi connectivity index (χ4n) is 1.19. The van der Waals surface area contributed by atoms with Gasteiger partial charge in [0.1, 0.15) is 0 Å². The first kappa shape index (κ1) is 4.86. The van der Waals surface area contributed by atoms with E-state index in [0.717, 1.165) is 0 Å². The molecule has 0 atom stereocenters. The minimum Gasteiger partial charge on any atom is -0.454 e. The van der Waals surface area contributed by atoms with Crippen molar-refractivity contribution in [2.24, 2.45) is 0 Å². The van der Waals surface area contributed by atoms with E-state index in [0.29, 0.717) is 17.1 Å². The van der Waals surface area contributed by atoms with Gasteiger partial charge < -0.3 is 14.6 Å². The Kier molecular flexibility index (Phi) is 1.37. The van der Waals surface area contributed by atoms with E-state index in [1.807, 2.05) is 0 Å². The lowest BCUT2D eigenvalue weighted by atomic mass is 10.1. The molecule has 0 aromatic heterocycles. The molecule has 1 aromatic carbocycles. The zero-order chi connectivity index (χ0) is 12.7. The summed E-state index contributed by atoms with van der Waals surface area (Å²) in [6, 6.07) is 4.85. The molecule has 70 valence electrons. The van der Waals surface area contributed by atoms with Crippen LogP contribution in [0.25, 0.3) is 0 Å². The molecule has 2 rings (SSSR count). The van der Waals surface area contributed by atoms with E-state index >= 15 is 0 Å². The Bertz CT molecular complexity index is 428. The van der Waals surface area contributed by atoms with Gasteiger partial charge in [-0.05, 0) is 30.5 Å². The molecule has 1 aliphatic heterocycles. The lowest BCUT2D eigenvalue weighted by molar-refractivity contribution is 0.174. The quantitative estimate of drug-likeness (QED) is 0.770. The summed E-state index contributed by atoms with van der Waals surface area (Å²) in [7, 11) is 0. The molecule has 1 N–H and O–H groups in total. The van der Waals surface area contributed by atoms with Crippen LogP contribution < -0.4 is 9.47 Å². The van der Waals surface area contributed by atoms with E-state index in [4.69, 9.17) is 20.1 Å². The van der Waals surface area contributed by atoms with Gasteiger partial charge in [0.2, 0.25) is 6.79 Å². The van der Waals surface area contributed by atoms with E-state index in [1.54, 1.807) is 18.2 Å². The number of hydrogen-bond acceptors (Lipinski definition) is 3. The highest BCUT2D eigenvalue weighted by Gasteiger charge is 2.12. The molecule has 1 aromatic rings. The Morgan fingerprint density at radius 1 is 1.38 bits per heavy atom. The van der Waals surface area contributed by atoms with Crippen molar-refractivity contribution in [2.75, 3.05) is 13.4 Å². The van der Waals surface area contributed by atoms with Crippen molar-refractivity contribution in [3.05, 3.63) is 23.8 Å². The molecular formula is C10H12O3. The molecule has 0 bridgehead atoms. The molecule has 0 amide bonds. The number of fused-ring (bicyclic) bond motifs is 1. The van der Waals surface area contributed by atoms with Crippen LogP contribution in [-0.2, 0) is 6.42 Å². The first-order valence-corrected chi connectivity index (χ1v) is 3.90. The monoisotopic (exact) mass is 184 g/mol. The van der Waals surface area contributed by atoms with Gasteiger partial charge in [-0.2, -0.15) is 0 Å². The molecular weight excluding hydrogens is 168 g/mol. The highest BCUT2D eigenvalue weighted by molar-refractivity contribution is 5.44. The minimum absolute atomic E-state index is 0.131. The Labute approximate surface area is 82.5 Å². The van der Waals surface area contributed by atoms with Gasteiger partial charge in [-0.3, -0.25) is 0 Å². The summed E-state index contributed by atoms with van der Waals surface area (Å²) in [5, 5.41) is 9.10. The van der Waals surface area contributed by atoms with Gasteiger partial charge in [0.15, 0.2) is 11.5 Å². The molecule has 0 fully saturated rings. The van der Waals surface area contributed by atoms with Crippen molar-refractivity contribution in [3.8, 4) is 11.5 Å². The highest BCUT2D eigenvalue weighted by Crippen LogP contribution is 2.32. The summed E-state index contributed by atoms with van der Waals surface area (Å²) >= 11 is 0. The number of hydrogen-bond donors (Lipinski definition) is 1. The second-order valence-electron chi connectivity index (χ2n) is 2.65. The summed E-state index contributed by atoms with van der Waals surface area (Å²) in [5.41, 5.74) is 0.539. The maximum Gasteiger partial charge on any atom is 0.231 e. The second-order valence-corrected chi connectivity index (χ2v) is 2.65. The third kappa shape index (κ3) is 1.75. The van der Waals surface area contributed by atoms with Crippen molar-refractivity contribution in [2.45, 2.75) is 12.8 Å². The molecule has 1 aliphatic rings. The molecule has 0 aliphatic carbocycles. The Hall–Kier alpha value is -1.22. The van der Waals surface area contributed by atoms with Gasteiger partial charge in [-0.1, -0.05) is 6.07 Å². The van der Waals surface area contributed by atoms with Gasteiger partial charge in [0, 0.05) is 9.30 Å². The lowest BCUT2D eigenvalue weighted by Crippen LogP contribution is -1.93. The van der Waals surface area contributed by atoms with Crippen molar-refractivity contribution < 1.29 is 20.1 Å². The van der Waals surface area contributed by atoms with Gasteiger partial charge in [0.25, 0.3) is 0 Å². The largest absolute Gasteiger partial charge is 0.454 e. The van der Waals surface area contributed by atoms with Crippen LogP contribution in [0, 0.1) is 0 Å². The molecule has 0 unspecified atom stereocenters. The van der Waals surface area contributed by atoms with Gasteiger partial charge in [-0.15, -0.1) is 0 Å². The standard InChI is InChI=1S/C10H12O3/c11-5-1-2-8-3-4-9-10(6-8)13-7-12-9/h3-4,6,11H,1-2,5,7H2/i1D2,5D2. The number of ether oxygens (including phenoxy) is 2. The Balaban J connectivity index is 2.20. The highest BCUT2D eigenvalue weighted by atomic mass is 16.7. The maximum absolute atomic E-state index is 9.10. The van der Waals surface area contributed by atoms with Gasteiger partial charge in [-0.25, -0.2) is 0 Å². The predicted molar refractivity (Wildman–Crippen MR) is 48.0 cm³/mol. The van der Waals surface area contributed by atoms with Crippen molar-refractivity contribution >= 4 is 0 Å². The van der Waals surface area contributed by atoms with Crippen LogP contribution >= 0.6 is 0 Å². The summed E-state index contributed by atoms with van der Waals surface area (Å²) < 4.78 is 39.3. The van der Waals surface area contributed by atoms with E-state index in [1.165, 1.54) is 0 Å². The zero-order valence-corrected chi connectivity index (χ0v) is 6.91. The summed E-state index contributed by atoms with van der Waals surface area (Å²) in [4.78, 5) is 0. The summed E-state index contributed by atoms with van der Waals surface area (Å²) in [6.45, 7) is -2.75. The second kappa shape index (κ2) is 3.66. The third-order valence-electron chi connectivity index (χ3n) is 1.81. The molecule has 0 saturated heterocycles. The minimum atomic E-state index is -2.89. The number of benzene rings is 1. The number of rotatable bonds is 3. The van der Waals surface area contributed by atoms with Crippen LogP contribution in [0.1, 0.15) is 17.4 Å². The molecule has 3 heteroatoms. The number of aryl methyl sites for hydroxylation is 1. The van der Waals surface area contributed by atoms with E-state index in [2.05, 4.69) is 0 Å². The molecule has 0 saturated carbocycles. The third-order valence-corrected chi connectivity index (χ3v) is 1.81. The van der Waals surface area contributed by atoms with E-state index < -0.39 is 12.9 Å². The van der Waals surface area contributed by atoms with Crippen molar-refractivity contribution in [1.82, 2.24) is 0 Å². The smallest absolute Gasteiger partial charge is 0.231 e. The van der Waals surface area contributed by atoms with Crippen molar-refractivity contribution in [1.29, 1.82) is 0 Å². The molecule has 1 heterocycles. The summed E-state index contributed by atoms with van der Waals surface area (Å²) in [6.07, 6.45) is -2.60. The zero-order valence-electron chi connectivity index (χ0n) is 10.9. The Morgan fingerprint density at radius 3 is 3.08 bits per heavy atom. The van der Waals surface area contributed by atoms with Crippen LogP contribution in [0.2, 0.25) is 0 Å². The van der Waals surface area contributed by atoms with Crippen LogP contribution in [-0.4, -0.2) is 18.5 Å². The lowest BCUT2D eigenvalue weighted by Gasteiger charge is -2.00. The topological polar surface area (TPSA) is 38.7 Å². The first-order valence-electron chi connectivity index (χ1n) is 5.90. The van der Waals surface area contributed by atoms with Crippen molar-refractivity contribution in [3.63, 3.8) is 0 Å². The number of aliphatic hydroxyl groups is 1. The average Bonchev–Trinajstić information content (AvgIpc) is 2.62. The average molecular weight is 184 g/mol. The summed E-state index contributed by atoms with van der Waals surface area (Å²) in [5.74, 6) is 1.10.